The van der Waals surface area contributed by atoms with Crippen LogP contribution in [0.5, 0.6) is 0 Å². The van der Waals surface area contributed by atoms with Crippen molar-refractivity contribution in [3.8, 4) is 6.07 Å². The maximum atomic E-state index is 12.7. The number of likely N-dealkylation sites (N-methyl/N-ethyl adjacent to an activating group) is 1. The first-order valence-electron chi connectivity index (χ1n) is 8.63. The molecule has 0 saturated carbocycles. The van der Waals surface area contributed by atoms with Gasteiger partial charge in [0.15, 0.2) is 0 Å². The molecule has 1 aromatic rings. The first kappa shape index (κ1) is 16.7. The number of rotatable bonds is 2. The van der Waals surface area contributed by atoms with E-state index in [1.54, 1.807) is 0 Å². The van der Waals surface area contributed by atoms with E-state index in [-0.39, 0.29) is 11.9 Å². The Morgan fingerprint density at radius 1 is 1.25 bits per heavy atom. The fourth-order valence-corrected chi connectivity index (χ4v) is 3.76. The molecule has 2 saturated heterocycles. The molecule has 0 radical (unpaired) electrons. The number of nitriles is 1. The Morgan fingerprint density at radius 2 is 1.96 bits per heavy atom. The van der Waals surface area contributed by atoms with Crippen molar-refractivity contribution in [2.45, 2.75) is 32.7 Å². The number of pyridine rings is 1. The number of hydrogen-bond acceptors (Lipinski definition) is 5. The van der Waals surface area contributed by atoms with Crippen LogP contribution in [-0.2, 0) is 4.79 Å². The van der Waals surface area contributed by atoms with Crippen molar-refractivity contribution in [3.05, 3.63) is 22.9 Å². The van der Waals surface area contributed by atoms with Gasteiger partial charge < -0.3 is 9.80 Å². The lowest BCUT2D eigenvalue weighted by molar-refractivity contribution is -0.135. The minimum absolute atomic E-state index is 0.0468. The number of likely N-dealkylation sites (tertiary alicyclic amines) is 1. The van der Waals surface area contributed by atoms with Gasteiger partial charge in [0.25, 0.3) is 0 Å². The first-order chi connectivity index (χ1) is 11.5. The topological polar surface area (TPSA) is 63.5 Å². The van der Waals surface area contributed by atoms with Crippen LogP contribution >= 0.6 is 0 Å². The molecule has 3 rings (SSSR count). The van der Waals surface area contributed by atoms with E-state index in [1.807, 2.05) is 31.9 Å². The van der Waals surface area contributed by atoms with Crippen LogP contribution in [0.15, 0.2) is 6.07 Å². The summed E-state index contributed by atoms with van der Waals surface area (Å²) in [7, 11) is 2.03. The second kappa shape index (κ2) is 6.78. The van der Waals surface area contributed by atoms with Crippen molar-refractivity contribution in [2.24, 2.45) is 0 Å². The number of anilines is 1. The summed E-state index contributed by atoms with van der Waals surface area (Å²) in [4.78, 5) is 23.5. The molecular formula is C18H25N5O. The summed E-state index contributed by atoms with van der Waals surface area (Å²) >= 11 is 0. The van der Waals surface area contributed by atoms with E-state index >= 15 is 0 Å². The van der Waals surface area contributed by atoms with Crippen LogP contribution in [0, 0.1) is 25.2 Å². The molecule has 6 nitrogen and oxygen atoms in total. The van der Waals surface area contributed by atoms with Crippen molar-refractivity contribution in [3.63, 3.8) is 0 Å². The van der Waals surface area contributed by atoms with Crippen molar-refractivity contribution in [1.29, 1.82) is 5.26 Å². The third kappa shape index (κ3) is 3.09. The van der Waals surface area contributed by atoms with Crippen LogP contribution < -0.4 is 4.90 Å². The van der Waals surface area contributed by atoms with Gasteiger partial charge in [-0.1, -0.05) is 0 Å². The molecule has 1 aromatic heterocycles. The highest BCUT2D eigenvalue weighted by Crippen LogP contribution is 2.24. The van der Waals surface area contributed by atoms with E-state index in [9.17, 15) is 10.1 Å². The SMILES string of the molecule is Cc1cc(C)c(C#N)c(N2CCN(C(=O)[C@H]3CCCN3C)CC2)n1. The quantitative estimate of drug-likeness (QED) is 0.819. The zero-order chi connectivity index (χ0) is 17.3. The Morgan fingerprint density at radius 3 is 2.54 bits per heavy atom. The lowest BCUT2D eigenvalue weighted by Crippen LogP contribution is -2.53. The molecular weight excluding hydrogens is 302 g/mol. The number of amides is 1. The van der Waals surface area contributed by atoms with Gasteiger partial charge in [0.1, 0.15) is 11.9 Å². The molecule has 0 bridgehead atoms. The van der Waals surface area contributed by atoms with E-state index in [0.717, 1.165) is 49.6 Å². The van der Waals surface area contributed by atoms with Gasteiger partial charge in [0.05, 0.1) is 11.6 Å². The standard InChI is InChI=1S/C18H25N5O/c1-13-11-14(2)20-17(15(13)12-19)22-7-9-23(10-8-22)18(24)16-5-4-6-21(16)3/h11,16H,4-10H2,1-3H3/t16-/m1/s1. The molecule has 0 N–H and O–H groups in total. The summed E-state index contributed by atoms with van der Waals surface area (Å²) in [6, 6.07) is 4.27. The van der Waals surface area contributed by atoms with Gasteiger partial charge in [-0.3, -0.25) is 9.69 Å². The summed E-state index contributed by atoms with van der Waals surface area (Å²) in [5, 5.41) is 9.45. The van der Waals surface area contributed by atoms with Crippen LogP contribution in [-0.4, -0.2) is 66.5 Å². The smallest absolute Gasteiger partial charge is 0.240 e. The summed E-state index contributed by atoms with van der Waals surface area (Å²) in [6.45, 7) is 7.76. The zero-order valence-corrected chi connectivity index (χ0v) is 14.7. The van der Waals surface area contributed by atoms with Crippen molar-refractivity contribution < 1.29 is 4.79 Å². The predicted molar refractivity (Wildman–Crippen MR) is 92.9 cm³/mol. The Balaban J connectivity index is 1.70. The molecule has 1 atom stereocenters. The molecule has 0 unspecified atom stereocenters. The average Bonchev–Trinajstić information content (AvgIpc) is 3.00. The molecule has 0 aliphatic carbocycles. The Bertz CT molecular complexity index is 673. The highest BCUT2D eigenvalue weighted by atomic mass is 16.2. The summed E-state index contributed by atoms with van der Waals surface area (Å²) in [5.41, 5.74) is 2.54. The fraction of sp³-hybridized carbons (Fsp3) is 0.611. The minimum Gasteiger partial charge on any atom is -0.352 e. The predicted octanol–water partition coefficient (Wildman–Crippen LogP) is 1.31. The van der Waals surface area contributed by atoms with Crippen molar-refractivity contribution in [2.75, 3.05) is 44.7 Å². The van der Waals surface area contributed by atoms with Gasteiger partial charge in [-0.25, -0.2) is 4.98 Å². The number of aromatic nitrogens is 1. The number of carbonyl (C=O) groups is 1. The van der Waals surface area contributed by atoms with Crippen molar-refractivity contribution >= 4 is 11.7 Å². The highest BCUT2D eigenvalue weighted by Gasteiger charge is 2.33. The molecule has 128 valence electrons. The highest BCUT2D eigenvalue weighted by molar-refractivity contribution is 5.82. The fourth-order valence-electron chi connectivity index (χ4n) is 3.76. The lowest BCUT2D eigenvalue weighted by Gasteiger charge is -2.37. The molecule has 24 heavy (non-hydrogen) atoms. The Kier molecular flexibility index (Phi) is 4.72. The third-order valence-corrected chi connectivity index (χ3v) is 5.13. The first-order valence-corrected chi connectivity index (χ1v) is 8.63. The largest absolute Gasteiger partial charge is 0.352 e. The van der Waals surface area contributed by atoms with Crippen molar-refractivity contribution in [1.82, 2.24) is 14.8 Å². The van der Waals surface area contributed by atoms with Gasteiger partial charge in [0, 0.05) is 31.9 Å². The molecule has 2 fully saturated rings. The normalized spacial score (nSPS) is 21.8. The Labute approximate surface area is 143 Å². The van der Waals surface area contributed by atoms with E-state index in [2.05, 4.69) is 20.9 Å². The average molecular weight is 327 g/mol. The van der Waals surface area contributed by atoms with Gasteiger partial charge >= 0.3 is 0 Å². The molecule has 2 aliphatic rings. The summed E-state index contributed by atoms with van der Waals surface area (Å²) in [5.74, 6) is 1.02. The molecule has 0 aromatic carbocycles. The number of hydrogen-bond donors (Lipinski definition) is 0. The van der Waals surface area contributed by atoms with Gasteiger partial charge in [-0.2, -0.15) is 5.26 Å². The lowest BCUT2D eigenvalue weighted by atomic mass is 10.1. The molecule has 1 amide bonds. The minimum atomic E-state index is 0.0468. The van der Waals surface area contributed by atoms with Crippen LogP contribution in [0.4, 0.5) is 5.82 Å². The van der Waals surface area contributed by atoms with Gasteiger partial charge in [-0.05, 0) is 51.9 Å². The van der Waals surface area contributed by atoms with E-state index in [1.165, 1.54) is 0 Å². The van der Waals surface area contributed by atoms with Crippen LogP contribution in [0.25, 0.3) is 0 Å². The van der Waals surface area contributed by atoms with Gasteiger partial charge in [0.2, 0.25) is 5.91 Å². The number of piperazine rings is 1. The second-order valence-electron chi connectivity index (χ2n) is 6.84. The number of aryl methyl sites for hydroxylation is 2. The molecule has 0 spiro atoms. The maximum absolute atomic E-state index is 12.7. The number of carbonyl (C=O) groups excluding carboxylic acids is 1. The summed E-state index contributed by atoms with van der Waals surface area (Å²) in [6.07, 6.45) is 2.07. The van der Waals surface area contributed by atoms with E-state index in [0.29, 0.717) is 18.7 Å². The van der Waals surface area contributed by atoms with Gasteiger partial charge in [-0.15, -0.1) is 0 Å². The van der Waals surface area contributed by atoms with Crippen LogP contribution in [0.1, 0.15) is 29.7 Å². The molecule has 6 heteroatoms. The Hall–Kier alpha value is -2.13. The monoisotopic (exact) mass is 327 g/mol. The van der Waals surface area contributed by atoms with E-state index < -0.39 is 0 Å². The number of nitrogens with zero attached hydrogens (tertiary/aromatic N) is 5. The molecule has 3 heterocycles. The molecule has 2 aliphatic heterocycles. The summed E-state index contributed by atoms with van der Waals surface area (Å²) < 4.78 is 0. The third-order valence-electron chi connectivity index (χ3n) is 5.13. The second-order valence-corrected chi connectivity index (χ2v) is 6.84. The maximum Gasteiger partial charge on any atom is 0.240 e. The zero-order valence-electron chi connectivity index (χ0n) is 14.7. The van der Waals surface area contributed by atoms with Crippen LogP contribution in [0.3, 0.4) is 0 Å². The van der Waals surface area contributed by atoms with Crippen LogP contribution in [0.2, 0.25) is 0 Å². The van der Waals surface area contributed by atoms with E-state index in [4.69, 9.17) is 0 Å².